The predicted molar refractivity (Wildman–Crippen MR) is 190 cm³/mol. The standard InChI is InChI=1S/C21H22ClFO2.C19H18P.BrH/c1-15-9-11-21(12-10-15,19-8-5-17(22)13-20(19)23)25-14-16-3-6-18(24-2)7-4-16;1-20(17-11-5-2-6-12-17,18-13-7-3-8-14-18)19-15-9-4-10-16-19;/h3-8,13H,1,9-12,14H2,2H3;2-16H,1H3;1H/q;+1;/p-1. The molecule has 0 unspecified atom stereocenters. The average Bonchev–Trinajstić information content (AvgIpc) is 3.09. The SMILES string of the molecule is C=C1CCC(OCc2ccc(OC)cc2)(c2ccc(Cl)cc2F)CC1.C[P+](c1ccccc1)(c1ccccc1)c1ccccc1.[Br-]. The maximum atomic E-state index is 14.6. The van der Waals surface area contributed by atoms with E-state index in [0.29, 0.717) is 17.2 Å². The third-order valence-electron chi connectivity index (χ3n) is 8.68. The second kappa shape index (κ2) is 16.5. The molecule has 0 heterocycles. The first-order chi connectivity index (χ1) is 21.8. The van der Waals surface area contributed by atoms with Crippen LogP contribution in [0.5, 0.6) is 5.75 Å². The van der Waals surface area contributed by atoms with Crippen molar-refractivity contribution in [2.45, 2.75) is 37.9 Å². The molecule has 5 aromatic rings. The van der Waals surface area contributed by atoms with Crippen LogP contribution in [0.4, 0.5) is 4.39 Å². The van der Waals surface area contributed by atoms with E-state index in [-0.39, 0.29) is 22.8 Å². The molecule has 5 aromatic carbocycles. The van der Waals surface area contributed by atoms with Gasteiger partial charge < -0.3 is 26.5 Å². The Morgan fingerprint density at radius 1 is 0.739 bits per heavy atom. The highest BCUT2D eigenvalue weighted by Gasteiger charge is 2.40. The minimum atomic E-state index is -1.53. The fraction of sp³-hybridized carbons (Fsp3) is 0.200. The highest BCUT2D eigenvalue weighted by molar-refractivity contribution is 7.95. The highest BCUT2D eigenvalue weighted by Crippen LogP contribution is 2.51. The number of halogens is 3. The van der Waals surface area contributed by atoms with Crippen LogP contribution in [0.15, 0.2) is 146 Å². The molecular weight excluding hydrogens is 678 g/mol. The van der Waals surface area contributed by atoms with Gasteiger partial charge in [0.15, 0.2) is 0 Å². The Hall–Kier alpha value is -3.27. The second-order valence-electron chi connectivity index (χ2n) is 11.5. The molecule has 0 amide bonds. The van der Waals surface area contributed by atoms with E-state index in [9.17, 15) is 4.39 Å². The van der Waals surface area contributed by atoms with Crippen molar-refractivity contribution in [3.63, 3.8) is 0 Å². The van der Waals surface area contributed by atoms with E-state index >= 15 is 0 Å². The summed E-state index contributed by atoms with van der Waals surface area (Å²) in [6.45, 7) is 6.89. The second-order valence-corrected chi connectivity index (χ2v) is 15.5. The summed E-state index contributed by atoms with van der Waals surface area (Å²) < 4.78 is 26.1. The molecule has 6 rings (SSSR count). The van der Waals surface area contributed by atoms with E-state index in [2.05, 4.69) is 104 Å². The maximum Gasteiger partial charge on any atom is 0.130 e. The number of ether oxygens (including phenoxy) is 2. The molecule has 0 aromatic heterocycles. The Balaban J connectivity index is 0.000000209. The highest BCUT2D eigenvalue weighted by atomic mass is 79.9. The fourth-order valence-corrected chi connectivity index (χ4v) is 9.29. The molecule has 1 fully saturated rings. The lowest BCUT2D eigenvalue weighted by Crippen LogP contribution is -3.00. The number of hydrogen-bond donors (Lipinski definition) is 0. The van der Waals surface area contributed by atoms with E-state index < -0.39 is 12.9 Å². The number of hydrogen-bond acceptors (Lipinski definition) is 2. The maximum absolute atomic E-state index is 14.6. The van der Waals surface area contributed by atoms with Crippen LogP contribution in [0.25, 0.3) is 0 Å². The molecule has 1 aliphatic rings. The number of benzene rings is 5. The number of allylic oxidation sites excluding steroid dienone is 1. The largest absolute Gasteiger partial charge is 1.00 e. The summed E-state index contributed by atoms with van der Waals surface area (Å²) >= 11 is 5.92. The Morgan fingerprint density at radius 2 is 1.22 bits per heavy atom. The zero-order valence-corrected chi connectivity index (χ0v) is 29.6. The van der Waals surface area contributed by atoms with E-state index in [1.54, 1.807) is 19.2 Å². The summed E-state index contributed by atoms with van der Waals surface area (Å²) in [7, 11) is 0.111. The van der Waals surface area contributed by atoms with E-state index in [1.165, 1.54) is 27.6 Å². The van der Waals surface area contributed by atoms with Crippen molar-refractivity contribution in [2.24, 2.45) is 0 Å². The van der Waals surface area contributed by atoms with Crippen molar-refractivity contribution in [1.29, 1.82) is 0 Å². The zero-order valence-electron chi connectivity index (χ0n) is 26.3. The molecule has 238 valence electrons. The smallest absolute Gasteiger partial charge is 0.130 e. The minimum Gasteiger partial charge on any atom is -1.00 e. The molecule has 0 saturated heterocycles. The van der Waals surface area contributed by atoms with Crippen molar-refractivity contribution >= 4 is 34.8 Å². The minimum absolute atomic E-state index is 0. The van der Waals surface area contributed by atoms with E-state index in [4.69, 9.17) is 21.1 Å². The fourth-order valence-electron chi connectivity index (χ4n) is 5.93. The van der Waals surface area contributed by atoms with Crippen molar-refractivity contribution in [1.82, 2.24) is 0 Å². The lowest BCUT2D eigenvalue weighted by atomic mass is 9.77. The molecule has 1 aliphatic carbocycles. The van der Waals surface area contributed by atoms with Crippen LogP contribution in [0, 0.1) is 5.82 Å². The molecule has 1 saturated carbocycles. The van der Waals surface area contributed by atoms with Gasteiger partial charge in [0.2, 0.25) is 0 Å². The van der Waals surface area contributed by atoms with Gasteiger partial charge in [-0.3, -0.25) is 0 Å². The van der Waals surface area contributed by atoms with Gasteiger partial charge in [-0.05, 0) is 91.9 Å². The van der Waals surface area contributed by atoms with Gasteiger partial charge in [0, 0.05) is 10.6 Å². The molecule has 46 heavy (non-hydrogen) atoms. The molecule has 2 nitrogen and oxygen atoms in total. The normalized spacial score (nSPS) is 14.0. The molecule has 0 spiro atoms. The lowest BCUT2D eigenvalue weighted by molar-refractivity contribution is -0.0824. The Morgan fingerprint density at radius 3 is 1.65 bits per heavy atom. The first kappa shape index (κ1) is 35.6. The quantitative estimate of drug-likeness (QED) is 0.132. The first-order valence-corrected chi connectivity index (χ1v) is 17.9. The van der Waals surface area contributed by atoms with Gasteiger partial charge >= 0.3 is 0 Å². The van der Waals surface area contributed by atoms with Crippen molar-refractivity contribution in [3.05, 3.63) is 168 Å². The number of rotatable bonds is 8. The summed E-state index contributed by atoms with van der Waals surface area (Å²) in [6, 6.07) is 45.2. The van der Waals surface area contributed by atoms with Gasteiger partial charge in [0.1, 0.15) is 34.7 Å². The summed E-state index contributed by atoms with van der Waals surface area (Å²) in [6.07, 6.45) is 3.12. The Bertz CT molecular complexity index is 1580. The van der Waals surface area contributed by atoms with Gasteiger partial charge in [0.05, 0.1) is 26.0 Å². The van der Waals surface area contributed by atoms with Crippen LogP contribution in [0.1, 0.15) is 36.8 Å². The van der Waals surface area contributed by atoms with Crippen molar-refractivity contribution in [3.8, 4) is 5.75 Å². The summed E-state index contributed by atoms with van der Waals surface area (Å²) in [5.41, 5.74) is 2.16. The summed E-state index contributed by atoms with van der Waals surface area (Å²) in [5.74, 6) is 0.492. The van der Waals surface area contributed by atoms with E-state index in [0.717, 1.165) is 37.0 Å². The van der Waals surface area contributed by atoms with Crippen LogP contribution < -0.4 is 37.6 Å². The third-order valence-corrected chi connectivity index (χ3v) is 12.9. The van der Waals surface area contributed by atoms with Crippen LogP contribution in [0.3, 0.4) is 0 Å². The molecule has 0 atom stereocenters. The van der Waals surface area contributed by atoms with Gasteiger partial charge in [-0.25, -0.2) is 4.39 Å². The Labute approximate surface area is 289 Å². The topological polar surface area (TPSA) is 18.5 Å². The average molecular weight is 718 g/mol. The van der Waals surface area contributed by atoms with Gasteiger partial charge in [-0.1, -0.05) is 96.5 Å². The lowest BCUT2D eigenvalue weighted by Gasteiger charge is -2.38. The molecule has 6 heteroatoms. The van der Waals surface area contributed by atoms with Gasteiger partial charge in [-0.2, -0.15) is 0 Å². The first-order valence-electron chi connectivity index (χ1n) is 15.3. The number of methoxy groups -OCH3 is 1. The molecule has 0 aliphatic heterocycles. The predicted octanol–water partition coefficient (Wildman–Crippen LogP) is 6.64. The Kier molecular flexibility index (Phi) is 12.8. The van der Waals surface area contributed by atoms with Crippen molar-refractivity contribution < 1.29 is 30.8 Å². The van der Waals surface area contributed by atoms with Crippen molar-refractivity contribution in [2.75, 3.05) is 13.8 Å². The zero-order chi connectivity index (χ0) is 31.7. The van der Waals surface area contributed by atoms with Gasteiger partial charge in [-0.15, -0.1) is 0 Å². The van der Waals surface area contributed by atoms with Crippen LogP contribution >= 0.6 is 18.9 Å². The van der Waals surface area contributed by atoms with Crippen LogP contribution in [0.2, 0.25) is 5.02 Å². The molecule has 0 radical (unpaired) electrons. The van der Waals surface area contributed by atoms with E-state index in [1.807, 2.05) is 24.3 Å². The van der Waals surface area contributed by atoms with Crippen LogP contribution in [-0.2, 0) is 16.9 Å². The summed E-state index contributed by atoms with van der Waals surface area (Å²) in [5, 5.41) is 4.68. The molecule has 0 N–H and O–H groups in total. The third kappa shape index (κ3) is 8.35. The summed E-state index contributed by atoms with van der Waals surface area (Å²) in [4.78, 5) is 0. The monoisotopic (exact) mass is 716 g/mol. The molecule has 0 bridgehead atoms. The van der Waals surface area contributed by atoms with Gasteiger partial charge in [0.25, 0.3) is 0 Å². The van der Waals surface area contributed by atoms with Crippen LogP contribution in [-0.4, -0.2) is 13.8 Å². The molecular formula is C40H40BrClFO2P.